The summed E-state index contributed by atoms with van der Waals surface area (Å²) in [5.74, 6) is 0. The van der Waals surface area contributed by atoms with Crippen LogP contribution in [0.1, 0.15) is 12.6 Å². The van der Waals surface area contributed by atoms with Gasteiger partial charge in [-0.1, -0.05) is 11.3 Å². The molecule has 0 amide bonds. The van der Waals surface area contributed by atoms with Gasteiger partial charge in [0.05, 0.1) is 12.7 Å². The normalized spacial score (nSPS) is 29.5. The number of aliphatic hydroxyl groups is 2. The van der Waals surface area contributed by atoms with Crippen LogP contribution in [0, 0.1) is 5.41 Å². The van der Waals surface area contributed by atoms with Crippen molar-refractivity contribution in [2.75, 3.05) is 6.61 Å². The molecular formula is C9H12N2O4S. The molecule has 0 radical (unpaired) electrons. The Hall–Kier alpha value is -1.02. The topological polar surface area (TPSA) is 95.5 Å². The fraction of sp³-hybridized carbons (Fsp3) is 0.556. The first-order valence-corrected chi connectivity index (χ1v) is 5.64. The molecule has 0 aliphatic carbocycles. The van der Waals surface area contributed by atoms with Crippen LogP contribution in [-0.4, -0.2) is 33.6 Å². The van der Waals surface area contributed by atoms with Crippen LogP contribution >= 0.6 is 11.3 Å². The number of rotatable bonds is 2. The minimum Gasteiger partial charge on any atom is -0.394 e. The molecule has 0 aromatic carbocycles. The van der Waals surface area contributed by atoms with Crippen molar-refractivity contribution < 1.29 is 14.9 Å². The first-order valence-electron chi connectivity index (χ1n) is 4.83. The number of nitrogens with one attached hydrogen (secondary N) is 1. The van der Waals surface area contributed by atoms with E-state index in [9.17, 15) is 9.90 Å². The average molecular weight is 244 g/mol. The lowest BCUT2D eigenvalue weighted by molar-refractivity contribution is -0.0451. The summed E-state index contributed by atoms with van der Waals surface area (Å²) in [6.07, 6.45) is -0.218. The molecule has 0 saturated carbocycles. The smallest absolute Gasteiger partial charge is 0.311 e. The quantitative estimate of drug-likeness (QED) is 0.623. The molecule has 2 heterocycles. The highest BCUT2D eigenvalue weighted by Crippen LogP contribution is 2.27. The largest absolute Gasteiger partial charge is 0.394 e. The van der Waals surface area contributed by atoms with Gasteiger partial charge in [-0.15, -0.1) is 0 Å². The fourth-order valence-corrected chi connectivity index (χ4v) is 2.25. The third-order valence-corrected chi connectivity index (χ3v) is 3.23. The molecule has 1 saturated heterocycles. The van der Waals surface area contributed by atoms with E-state index < -0.39 is 18.4 Å². The molecule has 1 aromatic rings. The summed E-state index contributed by atoms with van der Waals surface area (Å²) in [5, 5.41) is 25.7. The van der Waals surface area contributed by atoms with E-state index in [-0.39, 0.29) is 22.6 Å². The highest BCUT2D eigenvalue weighted by molar-refractivity contribution is 7.06. The van der Waals surface area contributed by atoms with Crippen LogP contribution in [0.3, 0.4) is 0 Å². The van der Waals surface area contributed by atoms with E-state index in [1.165, 1.54) is 16.8 Å². The Kier molecular flexibility index (Phi) is 3.20. The Morgan fingerprint density at radius 1 is 1.69 bits per heavy atom. The number of ether oxygens (including phenoxy) is 1. The van der Waals surface area contributed by atoms with E-state index in [0.717, 1.165) is 11.3 Å². The van der Waals surface area contributed by atoms with Crippen molar-refractivity contribution >= 4 is 11.3 Å². The lowest BCUT2D eigenvalue weighted by atomic mass is 10.2. The van der Waals surface area contributed by atoms with Crippen molar-refractivity contribution in [1.29, 1.82) is 5.41 Å². The fourth-order valence-electron chi connectivity index (χ4n) is 1.65. The molecule has 1 aromatic heterocycles. The van der Waals surface area contributed by atoms with E-state index in [1.54, 1.807) is 0 Å². The van der Waals surface area contributed by atoms with Gasteiger partial charge in [-0.05, 0) is 6.07 Å². The highest BCUT2D eigenvalue weighted by Gasteiger charge is 2.34. The van der Waals surface area contributed by atoms with E-state index in [0.29, 0.717) is 0 Å². The maximum atomic E-state index is 11.6. The Balaban J connectivity index is 2.27. The van der Waals surface area contributed by atoms with Crippen molar-refractivity contribution in [2.45, 2.75) is 24.9 Å². The molecule has 3 N–H and O–H groups in total. The van der Waals surface area contributed by atoms with Crippen molar-refractivity contribution in [2.24, 2.45) is 0 Å². The molecular weight excluding hydrogens is 232 g/mol. The summed E-state index contributed by atoms with van der Waals surface area (Å²) >= 11 is 0.806. The minimum atomic E-state index is -0.762. The maximum Gasteiger partial charge on any atom is 0.311 e. The number of aliphatic hydroxyl groups excluding tert-OH is 2. The van der Waals surface area contributed by atoms with Crippen molar-refractivity contribution in [3.63, 3.8) is 0 Å². The van der Waals surface area contributed by atoms with Crippen LogP contribution < -0.4 is 9.54 Å². The van der Waals surface area contributed by atoms with Gasteiger partial charge in [-0.3, -0.25) is 14.8 Å². The molecule has 1 aliphatic heterocycles. The van der Waals surface area contributed by atoms with E-state index in [2.05, 4.69) is 0 Å². The van der Waals surface area contributed by atoms with Gasteiger partial charge in [0.25, 0.3) is 0 Å². The first kappa shape index (κ1) is 11.5. The second kappa shape index (κ2) is 4.46. The second-order valence-corrected chi connectivity index (χ2v) is 4.56. The average Bonchev–Trinajstić information content (AvgIpc) is 2.59. The molecule has 0 spiro atoms. The first-order chi connectivity index (χ1) is 7.61. The van der Waals surface area contributed by atoms with Gasteiger partial charge in [0.2, 0.25) is 0 Å². The van der Waals surface area contributed by atoms with Gasteiger partial charge >= 0.3 is 4.87 Å². The number of hydrogen-bond donors (Lipinski definition) is 3. The van der Waals surface area contributed by atoms with Gasteiger partial charge in [-0.25, -0.2) is 0 Å². The zero-order valence-electron chi connectivity index (χ0n) is 8.37. The van der Waals surface area contributed by atoms with Crippen molar-refractivity contribution in [1.82, 2.24) is 4.57 Å². The summed E-state index contributed by atoms with van der Waals surface area (Å²) in [7, 11) is 0. The third-order valence-electron chi connectivity index (χ3n) is 2.49. The summed E-state index contributed by atoms with van der Waals surface area (Å²) < 4.78 is 6.85. The lowest BCUT2D eigenvalue weighted by Crippen LogP contribution is -2.26. The van der Waals surface area contributed by atoms with Crippen LogP contribution in [-0.2, 0) is 4.74 Å². The molecule has 7 heteroatoms. The van der Waals surface area contributed by atoms with Gasteiger partial charge in [0.1, 0.15) is 17.0 Å². The van der Waals surface area contributed by atoms with Crippen molar-refractivity contribution in [3.8, 4) is 0 Å². The van der Waals surface area contributed by atoms with Crippen LogP contribution in [0.15, 0.2) is 17.1 Å². The highest BCUT2D eigenvalue weighted by atomic mass is 32.1. The Morgan fingerprint density at radius 2 is 2.44 bits per heavy atom. The molecule has 3 atom stereocenters. The Labute approximate surface area is 94.9 Å². The van der Waals surface area contributed by atoms with Crippen LogP contribution in [0.25, 0.3) is 0 Å². The summed E-state index contributed by atoms with van der Waals surface area (Å²) in [6.45, 7) is -0.271. The standard InChI is InChI=1S/C9H12N2O4S/c10-7-1-2-11(9(14)16-7)8-3-5(13)6(4-12)15-8/h1-2,5-6,8,10,12-13H,3-4H2/t5-,6+,8+/m0/s1. The van der Waals surface area contributed by atoms with E-state index in [4.69, 9.17) is 15.3 Å². The Bertz CT molecular complexity index is 483. The number of hydrogen-bond acceptors (Lipinski definition) is 6. The van der Waals surface area contributed by atoms with Crippen molar-refractivity contribution in [3.05, 3.63) is 26.6 Å². The van der Waals surface area contributed by atoms with E-state index in [1.807, 2.05) is 0 Å². The molecule has 6 nitrogen and oxygen atoms in total. The summed E-state index contributed by atoms with van der Waals surface area (Å²) in [5.41, 5.74) is 0. The Morgan fingerprint density at radius 3 is 3.00 bits per heavy atom. The van der Waals surface area contributed by atoms with Crippen LogP contribution in [0.2, 0.25) is 0 Å². The zero-order chi connectivity index (χ0) is 11.7. The molecule has 0 unspecified atom stereocenters. The van der Waals surface area contributed by atoms with Gasteiger partial charge in [-0.2, -0.15) is 0 Å². The predicted molar refractivity (Wildman–Crippen MR) is 56.1 cm³/mol. The van der Waals surface area contributed by atoms with Gasteiger partial charge in [0.15, 0.2) is 0 Å². The molecule has 0 bridgehead atoms. The summed E-state index contributed by atoms with van der Waals surface area (Å²) in [4.78, 5) is 11.3. The number of nitrogens with zero attached hydrogens (tertiary/aromatic N) is 1. The molecule has 1 fully saturated rings. The van der Waals surface area contributed by atoms with Crippen LogP contribution in [0.5, 0.6) is 0 Å². The molecule has 2 rings (SSSR count). The SMILES string of the molecule is N=c1ccn([C@H]2C[C@H](O)[C@@H](CO)O2)c(=O)s1. The van der Waals surface area contributed by atoms with Gasteiger partial charge < -0.3 is 14.9 Å². The molecule has 88 valence electrons. The number of aromatic nitrogens is 1. The van der Waals surface area contributed by atoms with Crippen LogP contribution in [0.4, 0.5) is 0 Å². The molecule has 16 heavy (non-hydrogen) atoms. The third kappa shape index (κ3) is 2.07. The van der Waals surface area contributed by atoms with Gasteiger partial charge in [0, 0.05) is 12.6 Å². The predicted octanol–water partition coefficient (Wildman–Crippen LogP) is -0.970. The maximum absolute atomic E-state index is 11.6. The molecule has 1 aliphatic rings. The lowest BCUT2D eigenvalue weighted by Gasteiger charge is -2.13. The second-order valence-electron chi connectivity index (χ2n) is 3.57. The zero-order valence-corrected chi connectivity index (χ0v) is 9.18. The van der Waals surface area contributed by atoms with E-state index >= 15 is 0 Å². The summed E-state index contributed by atoms with van der Waals surface area (Å²) in [6, 6.07) is 1.49. The monoisotopic (exact) mass is 244 g/mol. The minimum absolute atomic E-state index is 0.179.